The van der Waals surface area contributed by atoms with Crippen LogP contribution in [0.5, 0.6) is 11.5 Å². The van der Waals surface area contributed by atoms with Crippen LogP contribution in [0, 0.1) is 5.82 Å². The third-order valence-electron chi connectivity index (χ3n) is 2.58. The van der Waals surface area contributed by atoms with Gasteiger partial charge in [0.05, 0.1) is 10.0 Å². The minimum atomic E-state index is -4.69. The first-order valence-corrected chi connectivity index (χ1v) is 6.40. The number of rotatable bonds is 3. The zero-order valence-electron chi connectivity index (χ0n) is 10.2. The molecule has 0 amide bonds. The minimum absolute atomic E-state index is 0.0296. The van der Waals surface area contributed by atoms with Crippen LogP contribution in [0.25, 0.3) is 0 Å². The lowest BCUT2D eigenvalue weighted by atomic mass is 10.1. The molecule has 2 aromatic rings. The van der Waals surface area contributed by atoms with Crippen molar-refractivity contribution < 1.29 is 27.1 Å². The molecule has 7 heteroatoms. The molecule has 0 saturated carbocycles. The van der Waals surface area contributed by atoms with Crippen molar-refractivity contribution in [2.24, 2.45) is 0 Å². The number of benzene rings is 2. The monoisotopic (exact) mass is 362 g/mol. The molecule has 0 aliphatic heterocycles. The fraction of sp³-hybridized carbons (Fsp3) is 0.0714. The number of alkyl halides is 3. The Labute approximate surface area is 125 Å². The van der Waals surface area contributed by atoms with Gasteiger partial charge in [-0.15, -0.1) is 0 Å². The molecule has 21 heavy (non-hydrogen) atoms. The van der Waals surface area contributed by atoms with Gasteiger partial charge >= 0.3 is 6.18 Å². The number of ether oxygens (including phenoxy) is 1. The Morgan fingerprint density at radius 2 is 1.81 bits per heavy atom. The molecule has 0 heterocycles. The normalized spacial score (nSPS) is 11.3. The number of hydrogen-bond donors (Lipinski definition) is 0. The van der Waals surface area contributed by atoms with Crippen LogP contribution < -0.4 is 4.74 Å². The summed E-state index contributed by atoms with van der Waals surface area (Å²) < 4.78 is 57.2. The van der Waals surface area contributed by atoms with Gasteiger partial charge in [0, 0.05) is 11.6 Å². The summed E-state index contributed by atoms with van der Waals surface area (Å²) in [4.78, 5) is 10.6. The predicted molar refractivity (Wildman–Crippen MR) is 71.0 cm³/mol. The first-order chi connectivity index (χ1) is 9.81. The third kappa shape index (κ3) is 3.60. The topological polar surface area (TPSA) is 26.3 Å². The molecule has 0 N–H and O–H groups in total. The highest BCUT2D eigenvalue weighted by atomic mass is 79.9. The van der Waals surface area contributed by atoms with Gasteiger partial charge in [0.1, 0.15) is 17.3 Å². The summed E-state index contributed by atoms with van der Waals surface area (Å²) in [7, 11) is 0. The first kappa shape index (κ1) is 15.5. The van der Waals surface area contributed by atoms with E-state index in [1.54, 1.807) is 0 Å². The predicted octanol–water partition coefficient (Wildman–Crippen LogP) is 5.21. The molecular weight excluding hydrogens is 356 g/mol. The lowest BCUT2D eigenvalue weighted by molar-refractivity contribution is -0.137. The van der Waals surface area contributed by atoms with E-state index in [1.165, 1.54) is 18.2 Å². The van der Waals surface area contributed by atoms with Crippen molar-refractivity contribution in [1.29, 1.82) is 0 Å². The van der Waals surface area contributed by atoms with E-state index >= 15 is 0 Å². The second-order valence-electron chi connectivity index (χ2n) is 4.04. The van der Waals surface area contributed by atoms with E-state index < -0.39 is 23.1 Å². The molecular formula is C14H7BrF4O2. The van der Waals surface area contributed by atoms with E-state index in [9.17, 15) is 22.4 Å². The number of aldehydes is 1. The van der Waals surface area contributed by atoms with Gasteiger partial charge < -0.3 is 4.74 Å². The average Bonchev–Trinajstić information content (AvgIpc) is 2.42. The Hall–Kier alpha value is -1.89. The van der Waals surface area contributed by atoms with Crippen molar-refractivity contribution >= 4 is 22.2 Å². The average molecular weight is 363 g/mol. The summed E-state index contributed by atoms with van der Waals surface area (Å²) in [5, 5.41) is 0. The largest absolute Gasteiger partial charge is 0.456 e. The van der Waals surface area contributed by atoms with Gasteiger partial charge in [0.2, 0.25) is 0 Å². The second kappa shape index (κ2) is 5.85. The fourth-order valence-electron chi connectivity index (χ4n) is 1.63. The van der Waals surface area contributed by atoms with Crippen molar-refractivity contribution in [3.8, 4) is 11.5 Å². The minimum Gasteiger partial charge on any atom is -0.456 e. The molecule has 2 aromatic carbocycles. The van der Waals surface area contributed by atoms with Crippen LogP contribution in [0.4, 0.5) is 17.6 Å². The molecule has 0 radical (unpaired) electrons. The third-order valence-corrected chi connectivity index (χ3v) is 3.23. The Kier molecular flexibility index (Phi) is 4.32. The van der Waals surface area contributed by atoms with E-state index in [4.69, 9.17) is 4.74 Å². The van der Waals surface area contributed by atoms with E-state index in [0.29, 0.717) is 10.5 Å². The van der Waals surface area contributed by atoms with Gasteiger partial charge in [-0.25, -0.2) is 4.39 Å². The molecule has 2 rings (SSSR count). The summed E-state index contributed by atoms with van der Waals surface area (Å²) in [6.45, 7) is 0. The van der Waals surface area contributed by atoms with Gasteiger partial charge in [0.15, 0.2) is 6.29 Å². The van der Waals surface area contributed by atoms with Gasteiger partial charge in [-0.1, -0.05) is 0 Å². The molecule has 0 aliphatic rings. The van der Waals surface area contributed by atoms with Crippen LogP contribution in [-0.2, 0) is 6.18 Å². The van der Waals surface area contributed by atoms with Crippen molar-refractivity contribution in [3.63, 3.8) is 0 Å². The maximum Gasteiger partial charge on any atom is 0.417 e. The summed E-state index contributed by atoms with van der Waals surface area (Å²) in [6.07, 6.45) is -4.57. The van der Waals surface area contributed by atoms with Crippen molar-refractivity contribution in [1.82, 2.24) is 0 Å². The molecule has 0 bridgehead atoms. The maximum absolute atomic E-state index is 13.1. The second-order valence-corrected chi connectivity index (χ2v) is 4.90. The molecule has 0 unspecified atom stereocenters. The first-order valence-electron chi connectivity index (χ1n) is 5.60. The highest BCUT2D eigenvalue weighted by molar-refractivity contribution is 9.10. The van der Waals surface area contributed by atoms with Crippen LogP contribution in [0.2, 0.25) is 0 Å². The van der Waals surface area contributed by atoms with Crippen molar-refractivity contribution in [2.45, 2.75) is 6.18 Å². The summed E-state index contributed by atoms with van der Waals surface area (Å²) >= 11 is 3.10. The smallest absolute Gasteiger partial charge is 0.417 e. The Balaban J connectivity index is 2.42. The molecule has 0 saturated heterocycles. The zero-order valence-corrected chi connectivity index (χ0v) is 11.8. The quantitative estimate of drug-likeness (QED) is 0.553. The van der Waals surface area contributed by atoms with Crippen molar-refractivity contribution in [2.75, 3.05) is 0 Å². The Morgan fingerprint density at radius 1 is 1.10 bits per heavy atom. The number of carbonyl (C=O) groups excluding carboxylic acids is 1. The molecule has 110 valence electrons. The van der Waals surface area contributed by atoms with Gasteiger partial charge in [-0.05, 0) is 46.3 Å². The maximum atomic E-state index is 13.1. The Morgan fingerprint density at radius 3 is 2.43 bits per heavy atom. The van der Waals surface area contributed by atoms with Gasteiger partial charge in [-0.2, -0.15) is 13.2 Å². The Bertz CT molecular complexity index is 683. The van der Waals surface area contributed by atoms with E-state index in [2.05, 4.69) is 15.9 Å². The number of halogens is 5. The lowest BCUT2D eigenvalue weighted by Gasteiger charge is -2.13. The van der Waals surface area contributed by atoms with Crippen LogP contribution in [0.15, 0.2) is 40.9 Å². The number of carbonyl (C=O) groups is 1. The lowest BCUT2D eigenvalue weighted by Crippen LogP contribution is -2.09. The van der Waals surface area contributed by atoms with E-state index in [1.807, 2.05) is 0 Å². The highest BCUT2D eigenvalue weighted by Crippen LogP contribution is 2.36. The molecule has 0 aromatic heterocycles. The standard InChI is InChI=1S/C14H7BrF4O2/c15-12-4-2-9(16)5-13(12)21-10-3-1-8(7-20)11(6-10)14(17,18)19/h1-7H. The van der Waals surface area contributed by atoms with Crippen LogP contribution in [0.3, 0.4) is 0 Å². The van der Waals surface area contributed by atoms with Crippen molar-refractivity contribution in [3.05, 3.63) is 57.8 Å². The summed E-state index contributed by atoms with van der Waals surface area (Å²) in [6, 6.07) is 6.48. The molecule has 0 fully saturated rings. The van der Waals surface area contributed by atoms with Crippen LogP contribution in [-0.4, -0.2) is 6.29 Å². The molecule has 2 nitrogen and oxygen atoms in total. The van der Waals surface area contributed by atoms with Crippen LogP contribution >= 0.6 is 15.9 Å². The van der Waals surface area contributed by atoms with E-state index in [-0.39, 0.29) is 17.8 Å². The van der Waals surface area contributed by atoms with Crippen LogP contribution in [0.1, 0.15) is 15.9 Å². The molecule has 0 atom stereocenters. The highest BCUT2D eigenvalue weighted by Gasteiger charge is 2.33. The fourth-order valence-corrected chi connectivity index (χ4v) is 1.96. The SMILES string of the molecule is O=Cc1ccc(Oc2cc(F)ccc2Br)cc1C(F)(F)F. The zero-order chi connectivity index (χ0) is 15.6. The summed E-state index contributed by atoms with van der Waals surface area (Å²) in [5.74, 6) is -0.713. The molecule has 0 aliphatic carbocycles. The number of hydrogen-bond acceptors (Lipinski definition) is 2. The molecule has 0 spiro atoms. The van der Waals surface area contributed by atoms with E-state index in [0.717, 1.165) is 12.1 Å². The summed E-state index contributed by atoms with van der Waals surface area (Å²) in [5.41, 5.74) is -1.60. The van der Waals surface area contributed by atoms with Gasteiger partial charge in [0.25, 0.3) is 0 Å². The van der Waals surface area contributed by atoms with Gasteiger partial charge in [-0.3, -0.25) is 4.79 Å².